The van der Waals surface area contributed by atoms with Crippen molar-refractivity contribution in [3.63, 3.8) is 0 Å². The van der Waals surface area contributed by atoms with Crippen molar-refractivity contribution in [2.75, 3.05) is 13.7 Å². The van der Waals surface area contributed by atoms with E-state index in [0.717, 1.165) is 11.3 Å². The zero-order chi connectivity index (χ0) is 21.0. The molecule has 0 spiro atoms. The highest BCUT2D eigenvalue weighted by Gasteiger charge is 2.24. The van der Waals surface area contributed by atoms with E-state index in [0.29, 0.717) is 25.9 Å². The first-order valence-corrected chi connectivity index (χ1v) is 10.0. The number of nitrogens with one attached hydrogen (secondary N) is 1. The Morgan fingerprint density at radius 2 is 2.03 bits per heavy atom. The van der Waals surface area contributed by atoms with Crippen molar-refractivity contribution in [3.05, 3.63) is 56.9 Å². The molecule has 2 N–H and O–H groups in total. The summed E-state index contributed by atoms with van der Waals surface area (Å²) in [6.07, 6.45) is 1.70. The maximum absolute atomic E-state index is 12.3. The standard InChI is InChI=1S/C20H17BrN2O5S/c1-11-3-5-13(6-4-11)22-20-23-19(26)16(29-20)9-12-7-14(21)18(15(8-12)27-2)28-10-17(24)25/h3-9H,10H2,1-2H3,(H,24,25)(H,22,23,26)/b16-9+. The third-order valence-electron chi connectivity index (χ3n) is 3.81. The topological polar surface area (TPSA) is 97.2 Å². The number of nitrogens with zero attached hydrogens (tertiary/aromatic N) is 1. The predicted octanol–water partition coefficient (Wildman–Crippen LogP) is 4.12. The number of aliphatic imine (C=N–C) groups is 1. The van der Waals surface area contributed by atoms with Crippen molar-refractivity contribution in [1.82, 2.24) is 5.32 Å². The maximum atomic E-state index is 12.3. The van der Waals surface area contributed by atoms with Gasteiger partial charge in [-0.2, -0.15) is 0 Å². The fourth-order valence-electron chi connectivity index (χ4n) is 2.47. The SMILES string of the molecule is COc1cc(/C=C2/SC(=Nc3ccc(C)cc3)NC2=O)cc(Br)c1OCC(=O)O. The largest absolute Gasteiger partial charge is 0.493 e. The van der Waals surface area contributed by atoms with Gasteiger partial charge in [-0.15, -0.1) is 0 Å². The summed E-state index contributed by atoms with van der Waals surface area (Å²) >= 11 is 4.59. The van der Waals surface area contributed by atoms with Crippen LogP contribution in [0.25, 0.3) is 6.08 Å². The zero-order valence-corrected chi connectivity index (χ0v) is 18.0. The van der Waals surface area contributed by atoms with Gasteiger partial charge < -0.3 is 19.9 Å². The number of carboxylic acids is 1. The molecular weight excluding hydrogens is 460 g/mol. The van der Waals surface area contributed by atoms with E-state index in [-0.39, 0.29) is 11.7 Å². The van der Waals surface area contributed by atoms with Gasteiger partial charge in [0.2, 0.25) is 0 Å². The van der Waals surface area contributed by atoms with Gasteiger partial charge in [-0.1, -0.05) is 17.7 Å². The van der Waals surface area contributed by atoms with Crippen LogP contribution in [0, 0.1) is 6.92 Å². The molecule has 2 aromatic rings. The molecule has 0 aromatic heterocycles. The molecule has 9 heteroatoms. The molecule has 0 unspecified atom stereocenters. The third-order valence-corrected chi connectivity index (χ3v) is 5.30. The molecule has 0 saturated carbocycles. The molecule has 1 saturated heterocycles. The van der Waals surface area contributed by atoms with Crippen LogP contribution in [0.2, 0.25) is 0 Å². The van der Waals surface area contributed by atoms with Gasteiger partial charge >= 0.3 is 5.97 Å². The summed E-state index contributed by atoms with van der Waals surface area (Å²) in [6, 6.07) is 11.1. The van der Waals surface area contributed by atoms with Gasteiger partial charge in [0.15, 0.2) is 23.3 Å². The molecular formula is C20H17BrN2O5S. The molecule has 2 aromatic carbocycles. The lowest BCUT2D eigenvalue weighted by Crippen LogP contribution is -2.19. The second kappa shape index (κ2) is 9.15. The minimum Gasteiger partial charge on any atom is -0.493 e. The Bertz CT molecular complexity index is 1020. The first-order chi connectivity index (χ1) is 13.9. The van der Waals surface area contributed by atoms with Crippen molar-refractivity contribution >= 4 is 56.5 Å². The number of aryl methyl sites for hydroxylation is 1. The van der Waals surface area contributed by atoms with E-state index >= 15 is 0 Å². The predicted molar refractivity (Wildman–Crippen MR) is 116 cm³/mol. The Balaban J connectivity index is 1.84. The van der Waals surface area contributed by atoms with Gasteiger partial charge in [0, 0.05) is 0 Å². The lowest BCUT2D eigenvalue weighted by atomic mass is 10.2. The second-order valence-electron chi connectivity index (χ2n) is 6.03. The van der Waals surface area contributed by atoms with E-state index in [1.54, 1.807) is 18.2 Å². The first kappa shape index (κ1) is 20.9. The number of benzene rings is 2. The van der Waals surface area contributed by atoms with Gasteiger partial charge in [0.1, 0.15) is 0 Å². The Morgan fingerprint density at radius 3 is 2.69 bits per heavy atom. The van der Waals surface area contributed by atoms with Gasteiger partial charge in [-0.05, 0) is 70.5 Å². The number of carbonyl (C=O) groups excluding carboxylic acids is 1. The van der Waals surface area contributed by atoms with Crippen LogP contribution in [0.15, 0.2) is 50.8 Å². The lowest BCUT2D eigenvalue weighted by molar-refractivity contribution is -0.139. The maximum Gasteiger partial charge on any atom is 0.341 e. The number of thioether (sulfide) groups is 1. The second-order valence-corrected chi connectivity index (χ2v) is 7.92. The Labute approximate surface area is 179 Å². The number of carboxylic acid groups (broad SMARTS) is 1. The highest BCUT2D eigenvalue weighted by Crippen LogP contribution is 2.38. The van der Waals surface area contributed by atoms with Crippen LogP contribution >= 0.6 is 27.7 Å². The number of rotatable bonds is 6. The molecule has 1 fully saturated rings. The number of amides is 1. The molecule has 1 heterocycles. The van der Waals surface area contributed by atoms with Crippen LogP contribution in [0.5, 0.6) is 11.5 Å². The van der Waals surface area contributed by atoms with Crippen LogP contribution < -0.4 is 14.8 Å². The van der Waals surface area contributed by atoms with Crippen molar-refractivity contribution < 1.29 is 24.2 Å². The number of methoxy groups -OCH3 is 1. The van der Waals surface area contributed by atoms with Gasteiger partial charge in [-0.25, -0.2) is 9.79 Å². The molecule has 29 heavy (non-hydrogen) atoms. The number of carbonyl (C=O) groups is 2. The summed E-state index contributed by atoms with van der Waals surface area (Å²) in [5, 5.41) is 12.0. The third kappa shape index (κ3) is 5.39. The number of hydrogen-bond donors (Lipinski definition) is 2. The summed E-state index contributed by atoms with van der Waals surface area (Å²) in [4.78, 5) is 28.0. The van der Waals surface area contributed by atoms with Gasteiger partial charge in [0.05, 0.1) is 22.2 Å². The van der Waals surface area contributed by atoms with Crippen LogP contribution in [0.1, 0.15) is 11.1 Å². The van der Waals surface area contributed by atoms with E-state index in [2.05, 4.69) is 26.2 Å². The van der Waals surface area contributed by atoms with Gasteiger partial charge in [-0.3, -0.25) is 4.79 Å². The summed E-state index contributed by atoms with van der Waals surface area (Å²) in [5.74, 6) is -0.710. The Morgan fingerprint density at radius 1 is 1.31 bits per heavy atom. The van der Waals surface area contributed by atoms with E-state index < -0.39 is 12.6 Å². The molecule has 1 aliphatic rings. The van der Waals surface area contributed by atoms with Crippen LogP contribution in [-0.2, 0) is 9.59 Å². The molecule has 150 valence electrons. The van der Waals surface area contributed by atoms with Crippen LogP contribution in [0.4, 0.5) is 5.69 Å². The van der Waals surface area contributed by atoms with Gasteiger partial charge in [0.25, 0.3) is 5.91 Å². The van der Waals surface area contributed by atoms with Crippen molar-refractivity contribution in [1.29, 1.82) is 0 Å². The first-order valence-electron chi connectivity index (χ1n) is 8.44. The highest BCUT2D eigenvalue weighted by molar-refractivity contribution is 9.10. The number of ether oxygens (including phenoxy) is 2. The molecule has 0 aliphatic carbocycles. The molecule has 7 nitrogen and oxygen atoms in total. The molecule has 3 rings (SSSR count). The molecule has 0 atom stereocenters. The minimum absolute atomic E-state index is 0.248. The Hall–Kier alpha value is -2.78. The normalized spacial score (nSPS) is 16.2. The van der Waals surface area contributed by atoms with Crippen molar-refractivity contribution in [2.24, 2.45) is 4.99 Å². The number of halogens is 1. The minimum atomic E-state index is -1.09. The van der Waals surface area contributed by atoms with Crippen molar-refractivity contribution in [2.45, 2.75) is 6.92 Å². The molecule has 0 bridgehead atoms. The summed E-state index contributed by atoms with van der Waals surface area (Å²) in [5.41, 5.74) is 2.57. The monoisotopic (exact) mass is 476 g/mol. The van der Waals surface area contributed by atoms with E-state index in [1.807, 2.05) is 31.2 Å². The van der Waals surface area contributed by atoms with Crippen LogP contribution in [0.3, 0.4) is 0 Å². The fourth-order valence-corrected chi connectivity index (χ4v) is 3.88. The molecule has 0 radical (unpaired) electrons. The zero-order valence-electron chi connectivity index (χ0n) is 15.6. The number of hydrogen-bond acceptors (Lipinski definition) is 6. The fraction of sp³-hybridized carbons (Fsp3) is 0.150. The van der Waals surface area contributed by atoms with E-state index in [9.17, 15) is 9.59 Å². The van der Waals surface area contributed by atoms with Crippen molar-refractivity contribution in [3.8, 4) is 11.5 Å². The number of amidine groups is 1. The average Bonchev–Trinajstić information content (AvgIpc) is 3.01. The van der Waals surface area contributed by atoms with Crippen LogP contribution in [-0.4, -0.2) is 35.9 Å². The summed E-state index contributed by atoms with van der Waals surface area (Å²) in [7, 11) is 1.45. The Kier molecular flexibility index (Phi) is 6.60. The quantitative estimate of drug-likeness (QED) is 0.608. The molecule has 1 amide bonds. The lowest BCUT2D eigenvalue weighted by Gasteiger charge is -2.12. The average molecular weight is 477 g/mol. The summed E-state index contributed by atoms with van der Waals surface area (Å²) < 4.78 is 11.1. The smallest absolute Gasteiger partial charge is 0.341 e. The van der Waals surface area contributed by atoms with E-state index in [1.165, 1.54) is 18.9 Å². The van der Waals surface area contributed by atoms with E-state index in [4.69, 9.17) is 14.6 Å². The number of aliphatic carboxylic acids is 1. The summed E-state index contributed by atoms with van der Waals surface area (Å²) in [6.45, 7) is 1.50. The molecule has 1 aliphatic heterocycles. The highest BCUT2D eigenvalue weighted by atomic mass is 79.9.